The van der Waals surface area contributed by atoms with Crippen LogP contribution in [0.3, 0.4) is 0 Å². The molecule has 0 unspecified atom stereocenters. The Morgan fingerprint density at radius 2 is 1.88 bits per heavy atom. The topological polar surface area (TPSA) is 69.7 Å². The summed E-state index contributed by atoms with van der Waals surface area (Å²) in [6.45, 7) is 0.903. The van der Waals surface area contributed by atoms with E-state index in [-0.39, 0.29) is 11.8 Å². The Hall–Kier alpha value is -1.60. The van der Waals surface area contributed by atoms with Crippen molar-refractivity contribution in [2.45, 2.75) is 32.2 Å². The molecule has 2 fully saturated rings. The van der Waals surface area contributed by atoms with Gasteiger partial charge in [-0.15, -0.1) is 0 Å². The van der Waals surface area contributed by atoms with E-state index in [4.69, 9.17) is 0 Å². The van der Waals surface area contributed by atoms with Gasteiger partial charge < -0.3 is 10.2 Å². The lowest BCUT2D eigenvalue weighted by molar-refractivity contribution is -0.117. The number of carbonyl (C=O) groups excluding carboxylic acids is 1. The first-order chi connectivity index (χ1) is 11.7. The molecule has 0 heterocycles. The second-order valence-electron chi connectivity index (χ2n) is 7.50. The molecule has 0 atom stereocenters. The van der Waals surface area contributed by atoms with Crippen molar-refractivity contribution in [2.75, 3.05) is 37.1 Å². The van der Waals surface area contributed by atoms with Gasteiger partial charge in [-0.05, 0) is 55.4 Å². The highest BCUT2D eigenvalue weighted by atomic mass is 32.2. The summed E-state index contributed by atoms with van der Waals surface area (Å²) in [6, 6.07) is 5.72. The second-order valence-corrected chi connectivity index (χ2v) is 9.48. The molecule has 6 nitrogen and oxygen atoms in total. The maximum Gasteiger partial charge on any atom is 0.227 e. The standard InChI is InChI=1S/C18H27N3O3S/c1-20(2)17-9-8-16(19-18(22)14-6-7-14)10-15(17)12-21(25(3,23)24)11-13-4-5-13/h8-10,13-14H,4-7,11-12H2,1-3H3,(H,19,22). The fourth-order valence-corrected chi connectivity index (χ4v) is 3.77. The third kappa shape index (κ3) is 4.95. The highest BCUT2D eigenvalue weighted by molar-refractivity contribution is 7.88. The molecule has 1 aromatic rings. The van der Waals surface area contributed by atoms with Crippen molar-refractivity contribution < 1.29 is 13.2 Å². The van der Waals surface area contributed by atoms with Gasteiger partial charge in [0.05, 0.1) is 6.26 Å². The molecular weight excluding hydrogens is 338 g/mol. The predicted octanol–water partition coefficient (Wildman–Crippen LogP) is 2.27. The van der Waals surface area contributed by atoms with E-state index >= 15 is 0 Å². The van der Waals surface area contributed by atoms with E-state index < -0.39 is 10.0 Å². The molecule has 0 saturated heterocycles. The van der Waals surface area contributed by atoms with Crippen LogP contribution in [0.25, 0.3) is 0 Å². The number of nitrogens with zero attached hydrogens (tertiary/aromatic N) is 2. The van der Waals surface area contributed by atoms with Crippen LogP contribution in [0.15, 0.2) is 18.2 Å². The number of hydrogen-bond donors (Lipinski definition) is 1. The average Bonchev–Trinajstić information content (AvgIpc) is 3.38. The molecule has 7 heteroatoms. The van der Waals surface area contributed by atoms with Gasteiger partial charge in [0.15, 0.2) is 0 Å². The molecule has 2 aliphatic carbocycles. The third-order valence-electron chi connectivity index (χ3n) is 4.75. The van der Waals surface area contributed by atoms with Crippen molar-refractivity contribution in [3.63, 3.8) is 0 Å². The first kappa shape index (κ1) is 18.2. The number of carbonyl (C=O) groups is 1. The molecule has 3 rings (SSSR count). The van der Waals surface area contributed by atoms with Crippen molar-refractivity contribution in [3.05, 3.63) is 23.8 Å². The summed E-state index contributed by atoms with van der Waals surface area (Å²) in [5.74, 6) is 0.677. The van der Waals surface area contributed by atoms with Gasteiger partial charge >= 0.3 is 0 Å². The molecule has 0 spiro atoms. The van der Waals surface area contributed by atoms with Crippen molar-refractivity contribution >= 4 is 27.3 Å². The van der Waals surface area contributed by atoms with Gasteiger partial charge in [0.1, 0.15) is 0 Å². The summed E-state index contributed by atoms with van der Waals surface area (Å²) >= 11 is 0. The smallest absolute Gasteiger partial charge is 0.227 e. The minimum atomic E-state index is -3.27. The second kappa shape index (κ2) is 6.96. The molecule has 138 valence electrons. The molecule has 0 aliphatic heterocycles. The summed E-state index contributed by atoms with van der Waals surface area (Å²) in [5, 5.41) is 2.95. The summed E-state index contributed by atoms with van der Waals surface area (Å²) in [5.41, 5.74) is 2.61. The third-order valence-corrected chi connectivity index (χ3v) is 5.97. The van der Waals surface area contributed by atoms with Crippen molar-refractivity contribution in [1.29, 1.82) is 0 Å². The summed E-state index contributed by atoms with van der Waals surface area (Å²) in [6.07, 6.45) is 5.38. The van der Waals surface area contributed by atoms with Crippen LogP contribution < -0.4 is 10.2 Å². The van der Waals surface area contributed by atoms with Crippen LogP contribution >= 0.6 is 0 Å². The highest BCUT2D eigenvalue weighted by Gasteiger charge is 2.31. The molecule has 0 radical (unpaired) electrons. The fourth-order valence-electron chi connectivity index (χ4n) is 2.91. The van der Waals surface area contributed by atoms with Crippen molar-refractivity contribution in [1.82, 2.24) is 4.31 Å². The minimum absolute atomic E-state index is 0.0569. The zero-order chi connectivity index (χ0) is 18.2. The Kier molecular flexibility index (Phi) is 5.06. The van der Waals surface area contributed by atoms with Crippen LogP contribution in [-0.2, 0) is 21.4 Å². The lowest BCUT2D eigenvalue weighted by Gasteiger charge is -2.24. The largest absolute Gasteiger partial charge is 0.377 e. The van der Waals surface area contributed by atoms with Gasteiger partial charge in [-0.2, -0.15) is 4.31 Å². The normalized spacial score (nSPS) is 17.6. The van der Waals surface area contributed by atoms with Gasteiger partial charge in [-0.25, -0.2) is 8.42 Å². The molecule has 1 amide bonds. The molecule has 0 bridgehead atoms. The zero-order valence-corrected chi connectivity index (χ0v) is 16.0. The van der Waals surface area contributed by atoms with E-state index in [1.165, 1.54) is 6.26 Å². The lowest BCUT2D eigenvalue weighted by Crippen LogP contribution is -2.32. The number of anilines is 2. The number of benzene rings is 1. The number of rotatable bonds is 8. The van der Waals surface area contributed by atoms with Gasteiger partial charge in [0.2, 0.25) is 15.9 Å². The average molecular weight is 365 g/mol. The van der Waals surface area contributed by atoms with Crippen LogP contribution in [0.1, 0.15) is 31.2 Å². The number of hydrogen-bond acceptors (Lipinski definition) is 4. The van der Waals surface area contributed by atoms with E-state index in [0.717, 1.165) is 42.6 Å². The molecular formula is C18H27N3O3S. The SMILES string of the molecule is CN(C)c1ccc(NC(=O)C2CC2)cc1CN(CC1CC1)S(C)(=O)=O. The maximum absolute atomic E-state index is 12.2. The Balaban J connectivity index is 1.83. The van der Waals surface area contributed by atoms with E-state index in [2.05, 4.69) is 5.32 Å². The molecule has 2 aliphatic rings. The molecule has 0 aromatic heterocycles. The quantitative estimate of drug-likeness (QED) is 0.767. The van der Waals surface area contributed by atoms with Crippen molar-refractivity contribution in [2.24, 2.45) is 11.8 Å². The van der Waals surface area contributed by atoms with Gasteiger partial charge in [-0.1, -0.05) is 0 Å². The van der Waals surface area contributed by atoms with E-state index in [1.807, 2.05) is 37.2 Å². The van der Waals surface area contributed by atoms with E-state index in [1.54, 1.807) is 4.31 Å². The van der Waals surface area contributed by atoms with Crippen LogP contribution in [0.5, 0.6) is 0 Å². The van der Waals surface area contributed by atoms with Gasteiger partial charge in [-0.3, -0.25) is 4.79 Å². The number of amides is 1. The number of sulfonamides is 1. The number of nitrogens with one attached hydrogen (secondary N) is 1. The van der Waals surface area contributed by atoms with E-state index in [0.29, 0.717) is 19.0 Å². The van der Waals surface area contributed by atoms with Gasteiger partial charge in [0, 0.05) is 44.5 Å². The Bertz CT molecular complexity index is 753. The van der Waals surface area contributed by atoms with Crippen LogP contribution in [0.2, 0.25) is 0 Å². The zero-order valence-electron chi connectivity index (χ0n) is 15.2. The fraction of sp³-hybridized carbons (Fsp3) is 0.611. The monoisotopic (exact) mass is 365 g/mol. The van der Waals surface area contributed by atoms with Crippen LogP contribution in [-0.4, -0.2) is 45.5 Å². The maximum atomic E-state index is 12.2. The molecule has 2 saturated carbocycles. The van der Waals surface area contributed by atoms with E-state index in [9.17, 15) is 13.2 Å². The molecule has 25 heavy (non-hydrogen) atoms. The summed E-state index contributed by atoms with van der Waals surface area (Å²) < 4.78 is 25.9. The van der Waals surface area contributed by atoms with Crippen molar-refractivity contribution in [3.8, 4) is 0 Å². The molecule has 1 aromatic carbocycles. The Labute approximate surface area is 150 Å². The first-order valence-corrected chi connectivity index (χ1v) is 10.6. The molecule has 1 N–H and O–H groups in total. The highest BCUT2D eigenvalue weighted by Crippen LogP contribution is 2.33. The first-order valence-electron chi connectivity index (χ1n) is 8.80. The Morgan fingerprint density at radius 1 is 1.20 bits per heavy atom. The van der Waals surface area contributed by atoms with Gasteiger partial charge in [0.25, 0.3) is 0 Å². The van der Waals surface area contributed by atoms with Crippen LogP contribution in [0.4, 0.5) is 11.4 Å². The lowest BCUT2D eigenvalue weighted by atomic mass is 10.1. The predicted molar refractivity (Wildman–Crippen MR) is 100 cm³/mol. The summed E-state index contributed by atoms with van der Waals surface area (Å²) in [7, 11) is 0.602. The Morgan fingerprint density at radius 3 is 2.40 bits per heavy atom. The summed E-state index contributed by atoms with van der Waals surface area (Å²) in [4.78, 5) is 14.0. The minimum Gasteiger partial charge on any atom is -0.377 e. The van der Waals surface area contributed by atoms with Crippen LogP contribution in [0, 0.1) is 11.8 Å².